The summed E-state index contributed by atoms with van der Waals surface area (Å²) < 4.78 is 0.659. The van der Waals surface area contributed by atoms with Crippen molar-refractivity contribution in [3.05, 3.63) is 9.54 Å². The van der Waals surface area contributed by atoms with Crippen molar-refractivity contribution in [2.24, 2.45) is 0 Å². The van der Waals surface area contributed by atoms with Gasteiger partial charge in [0, 0.05) is 20.0 Å². The van der Waals surface area contributed by atoms with Gasteiger partial charge in [-0.3, -0.25) is 5.21 Å². The summed E-state index contributed by atoms with van der Waals surface area (Å²) in [5, 5.41) is 12.1. The summed E-state index contributed by atoms with van der Waals surface area (Å²) in [5.74, 6) is 0.501. The molecule has 18 heavy (non-hydrogen) atoms. The quantitative estimate of drug-likeness (QED) is 0.364. The zero-order valence-corrected chi connectivity index (χ0v) is 11.1. The molecule has 0 radical (unpaired) electrons. The van der Waals surface area contributed by atoms with Gasteiger partial charge in [-0.2, -0.15) is 4.98 Å². The molecule has 10 heteroatoms. The van der Waals surface area contributed by atoms with Gasteiger partial charge in [0.05, 0.1) is 0 Å². The van der Waals surface area contributed by atoms with Crippen LogP contribution in [-0.2, 0) is 0 Å². The number of amides is 2. The molecule has 1 unspecified atom stereocenters. The number of anilines is 1. The van der Waals surface area contributed by atoms with Crippen molar-refractivity contribution in [2.75, 3.05) is 18.5 Å². The molecule has 2 rings (SSSR count). The molecule has 0 bridgehead atoms. The molecule has 2 amide bonds. The van der Waals surface area contributed by atoms with Gasteiger partial charge in [-0.1, -0.05) is 0 Å². The van der Waals surface area contributed by atoms with Gasteiger partial charge in [-0.05, 0) is 24.4 Å². The maximum absolute atomic E-state index is 11.3. The van der Waals surface area contributed by atoms with E-state index < -0.39 is 6.03 Å². The molecular formula is C8H12N6O2S2. The van der Waals surface area contributed by atoms with Gasteiger partial charge in [-0.15, -0.1) is 0 Å². The van der Waals surface area contributed by atoms with Crippen LogP contribution in [0.5, 0.6) is 0 Å². The molecule has 2 heterocycles. The number of nitrogens with zero attached hydrogens (tertiary/aromatic N) is 3. The number of H-pyrrole nitrogens is 2. The molecule has 1 fully saturated rings. The van der Waals surface area contributed by atoms with Crippen LogP contribution in [0, 0.1) is 9.54 Å². The summed E-state index contributed by atoms with van der Waals surface area (Å²) in [4.78, 5) is 22.8. The summed E-state index contributed by atoms with van der Waals surface area (Å²) in [6, 6.07) is -0.579. The molecule has 1 atom stereocenters. The summed E-state index contributed by atoms with van der Waals surface area (Å²) in [6.45, 7) is 0.719. The maximum Gasteiger partial charge on any atom is 0.342 e. The monoisotopic (exact) mass is 288 g/mol. The second kappa shape index (κ2) is 5.00. The van der Waals surface area contributed by atoms with Crippen LogP contribution in [0.15, 0.2) is 0 Å². The Bertz CT molecular complexity index is 539. The molecule has 0 spiro atoms. The van der Waals surface area contributed by atoms with Gasteiger partial charge in [0.25, 0.3) is 0 Å². The number of hydrogen-bond acceptors (Lipinski definition) is 6. The van der Waals surface area contributed by atoms with E-state index in [4.69, 9.17) is 29.6 Å². The number of hydrogen-bond donors (Lipinski definition) is 4. The average molecular weight is 288 g/mol. The first kappa shape index (κ1) is 12.9. The fourth-order valence-corrected chi connectivity index (χ4v) is 1.99. The largest absolute Gasteiger partial charge is 0.342 e. The third-order valence-electron chi connectivity index (χ3n) is 2.53. The molecule has 8 nitrogen and oxygen atoms in total. The molecule has 1 aliphatic heterocycles. The standard InChI is InChI=1S/C8H12N6O2S2/c1-13(16)8(15)9-4-2-3-14(4)5-10-6(17)12-7(18)11-5/h4,16H,2-3H2,1H3,(H,9,15)(H2,10,11,12,17,18). The highest BCUT2D eigenvalue weighted by atomic mass is 32.1. The van der Waals surface area contributed by atoms with Crippen molar-refractivity contribution in [2.45, 2.75) is 12.6 Å². The second-order valence-electron chi connectivity index (χ2n) is 3.79. The second-order valence-corrected chi connectivity index (χ2v) is 4.59. The maximum atomic E-state index is 11.3. The lowest BCUT2D eigenvalue weighted by molar-refractivity contribution is -0.0202. The van der Waals surface area contributed by atoms with Crippen LogP contribution in [-0.4, -0.2) is 51.0 Å². The lowest BCUT2D eigenvalue weighted by atomic mass is 10.1. The summed E-state index contributed by atoms with van der Waals surface area (Å²) >= 11 is 9.90. The van der Waals surface area contributed by atoms with E-state index in [9.17, 15) is 4.79 Å². The highest BCUT2D eigenvalue weighted by molar-refractivity contribution is 7.71. The van der Waals surface area contributed by atoms with E-state index >= 15 is 0 Å². The van der Waals surface area contributed by atoms with E-state index in [-0.39, 0.29) is 10.9 Å². The first-order valence-electron chi connectivity index (χ1n) is 5.18. The first-order chi connectivity index (χ1) is 8.47. The lowest BCUT2D eigenvalue weighted by Crippen LogP contribution is -2.60. The normalized spacial score (nSPS) is 18.1. The number of aromatic nitrogens is 3. The number of nitrogens with one attached hydrogen (secondary N) is 3. The number of rotatable bonds is 2. The van der Waals surface area contributed by atoms with Crippen molar-refractivity contribution in [1.82, 2.24) is 25.3 Å². The molecule has 0 aliphatic carbocycles. The molecular weight excluding hydrogens is 276 g/mol. The zero-order chi connectivity index (χ0) is 13.3. The van der Waals surface area contributed by atoms with Crippen molar-refractivity contribution in [1.29, 1.82) is 0 Å². The fourth-order valence-electron chi connectivity index (χ4n) is 1.54. The van der Waals surface area contributed by atoms with Gasteiger partial charge in [-0.25, -0.2) is 9.86 Å². The van der Waals surface area contributed by atoms with Gasteiger partial charge < -0.3 is 20.2 Å². The van der Waals surface area contributed by atoms with E-state index in [1.54, 1.807) is 4.90 Å². The Morgan fingerprint density at radius 3 is 2.83 bits per heavy atom. The van der Waals surface area contributed by atoms with E-state index in [0.29, 0.717) is 15.8 Å². The topological polar surface area (TPSA) is 100 Å². The van der Waals surface area contributed by atoms with Crippen LogP contribution in [0.1, 0.15) is 6.42 Å². The minimum Gasteiger partial charge on any atom is -0.322 e. The summed E-state index contributed by atoms with van der Waals surface area (Å²) in [5.41, 5.74) is 0. The van der Waals surface area contributed by atoms with Crippen molar-refractivity contribution >= 4 is 36.4 Å². The third-order valence-corrected chi connectivity index (χ3v) is 2.93. The van der Waals surface area contributed by atoms with Gasteiger partial charge in [0.2, 0.25) is 10.7 Å². The minimum absolute atomic E-state index is 0.234. The molecule has 1 aliphatic rings. The Balaban J connectivity index is 2.12. The van der Waals surface area contributed by atoms with Crippen molar-refractivity contribution in [3.8, 4) is 0 Å². The number of hydroxylamine groups is 2. The van der Waals surface area contributed by atoms with E-state index in [2.05, 4.69) is 20.3 Å². The van der Waals surface area contributed by atoms with Crippen LogP contribution in [0.3, 0.4) is 0 Å². The lowest BCUT2D eigenvalue weighted by Gasteiger charge is -2.41. The SMILES string of the molecule is CN(O)C(=O)NC1CCN1c1nc(=S)[nH]c(=S)[nH]1. The Kier molecular flexibility index (Phi) is 3.59. The molecule has 98 valence electrons. The van der Waals surface area contributed by atoms with Crippen molar-refractivity contribution < 1.29 is 10.0 Å². The fraction of sp³-hybridized carbons (Fsp3) is 0.500. The minimum atomic E-state index is -0.579. The van der Waals surface area contributed by atoms with Crippen LogP contribution in [0.2, 0.25) is 0 Å². The van der Waals surface area contributed by atoms with Crippen LogP contribution < -0.4 is 10.2 Å². The number of urea groups is 1. The smallest absolute Gasteiger partial charge is 0.322 e. The number of aromatic amines is 2. The number of carbonyl (C=O) groups is 1. The van der Waals surface area contributed by atoms with Gasteiger partial charge >= 0.3 is 6.03 Å². The van der Waals surface area contributed by atoms with Crippen LogP contribution in [0.25, 0.3) is 0 Å². The number of carbonyl (C=O) groups excluding carboxylic acids is 1. The molecule has 0 aromatic carbocycles. The Labute approximate surface area is 113 Å². The molecule has 4 N–H and O–H groups in total. The molecule has 1 saturated heterocycles. The van der Waals surface area contributed by atoms with Crippen molar-refractivity contribution in [3.63, 3.8) is 0 Å². The zero-order valence-electron chi connectivity index (χ0n) is 9.51. The van der Waals surface area contributed by atoms with Crippen LogP contribution >= 0.6 is 24.4 Å². The molecule has 0 saturated carbocycles. The highest BCUT2D eigenvalue weighted by Gasteiger charge is 2.31. The molecule has 1 aromatic rings. The van der Waals surface area contributed by atoms with Gasteiger partial charge in [0.15, 0.2) is 4.77 Å². The van der Waals surface area contributed by atoms with E-state index in [0.717, 1.165) is 13.0 Å². The van der Waals surface area contributed by atoms with E-state index in [1.165, 1.54) is 7.05 Å². The Morgan fingerprint density at radius 1 is 1.61 bits per heavy atom. The predicted molar refractivity (Wildman–Crippen MR) is 68.4 cm³/mol. The highest BCUT2D eigenvalue weighted by Crippen LogP contribution is 2.20. The van der Waals surface area contributed by atoms with Crippen LogP contribution in [0.4, 0.5) is 10.7 Å². The predicted octanol–water partition coefficient (Wildman–Crippen LogP) is 0.764. The third kappa shape index (κ3) is 2.66. The Morgan fingerprint density at radius 2 is 2.33 bits per heavy atom. The van der Waals surface area contributed by atoms with E-state index in [1.807, 2.05) is 0 Å². The summed E-state index contributed by atoms with van der Waals surface area (Å²) in [7, 11) is 1.25. The average Bonchev–Trinajstić information content (AvgIpc) is 2.22. The first-order valence-corrected chi connectivity index (χ1v) is 5.99. The summed E-state index contributed by atoms with van der Waals surface area (Å²) in [6.07, 6.45) is 0.523. The van der Waals surface area contributed by atoms with Gasteiger partial charge in [0.1, 0.15) is 6.17 Å². The molecule has 1 aromatic heterocycles. The Hall–Kier alpha value is -1.52.